The van der Waals surface area contributed by atoms with Gasteiger partial charge in [-0.25, -0.2) is 4.39 Å². The maximum Gasteiger partial charge on any atom is 0.223 e. The third-order valence-electron chi connectivity index (χ3n) is 3.92. The largest absolute Gasteiger partial charge is 0.389 e. The summed E-state index contributed by atoms with van der Waals surface area (Å²) in [4.78, 5) is 11.9. The summed E-state index contributed by atoms with van der Waals surface area (Å²) in [5.41, 5.74) is -0.292. The van der Waals surface area contributed by atoms with E-state index in [-0.39, 0.29) is 24.4 Å². The summed E-state index contributed by atoms with van der Waals surface area (Å²) in [7, 11) is 0. The van der Waals surface area contributed by atoms with Crippen molar-refractivity contribution >= 4 is 5.91 Å². The molecular weight excluding hydrogens is 271 g/mol. The molecule has 0 saturated heterocycles. The molecular formula is C16H19FN2O2. The molecule has 2 rings (SSSR count). The number of carbonyl (C=O) groups is 1. The molecule has 1 aliphatic rings. The van der Waals surface area contributed by atoms with Crippen molar-refractivity contribution in [3.05, 3.63) is 35.1 Å². The fourth-order valence-corrected chi connectivity index (χ4v) is 2.72. The number of rotatable bonds is 4. The molecule has 0 atom stereocenters. The van der Waals surface area contributed by atoms with Gasteiger partial charge in [-0.3, -0.25) is 4.79 Å². The lowest BCUT2D eigenvalue weighted by Gasteiger charge is -2.31. The van der Waals surface area contributed by atoms with Crippen molar-refractivity contribution in [3.8, 4) is 6.07 Å². The number of halogens is 1. The Balaban J connectivity index is 1.91. The molecule has 1 aliphatic carbocycles. The Morgan fingerprint density at radius 2 is 2.10 bits per heavy atom. The van der Waals surface area contributed by atoms with Gasteiger partial charge in [0.2, 0.25) is 5.91 Å². The van der Waals surface area contributed by atoms with Gasteiger partial charge in [0, 0.05) is 12.1 Å². The Kier molecular flexibility index (Phi) is 4.92. The van der Waals surface area contributed by atoms with Crippen molar-refractivity contribution < 1.29 is 14.3 Å². The van der Waals surface area contributed by atoms with Crippen LogP contribution in [0.25, 0.3) is 0 Å². The first-order valence-corrected chi connectivity index (χ1v) is 7.20. The summed E-state index contributed by atoms with van der Waals surface area (Å²) >= 11 is 0. The predicted molar refractivity (Wildman–Crippen MR) is 75.6 cm³/mol. The number of nitrogens with one attached hydrogen (secondary N) is 1. The van der Waals surface area contributed by atoms with Crippen LogP contribution < -0.4 is 5.32 Å². The molecule has 0 radical (unpaired) electrons. The number of nitriles is 1. The van der Waals surface area contributed by atoms with Gasteiger partial charge in [-0.1, -0.05) is 19.3 Å². The van der Waals surface area contributed by atoms with Crippen LogP contribution in [0, 0.1) is 17.1 Å². The van der Waals surface area contributed by atoms with Crippen LogP contribution in [-0.2, 0) is 11.3 Å². The van der Waals surface area contributed by atoms with E-state index >= 15 is 0 Å². The number of amides is 1. The number of nitrogens with zero attached hydrogens (tertiary/aromatic N) is 1. The second kappa shape index (κ2) is 6.68. The van der Waals surface area contributed by atoms with Crippen molar-refractivity contribution in [3.63, 3.8) is 0 Å². The molecule has 112 valence electrons. The zero-order valence-electron chi connectivity index (χ0n) is 11.9. The highest BCUT2D eigenvalue weighted by Gasteiger charge is 2.31. The lowest BCUT2D eigenvalue weighted by atomic mass is 9.82. The normalized spacial score (nSPS) is 17.0. The molecule has 0 heterocycles. The molecule has 0 aliphatic heterocycles. The maximum absolute atomic E-state index is 13.6. The quantitative estimate of drug-likeness (QED) is 0.894. The van der Waals surface area contributed by atoms with Crippen molar-refractivity contribution in [1.82, 2.24) is 5.32 Å². The van der Waals surface area contributed by atoms with Gasteiger partial charge in [0.1, 0.15) is 5.82 Å². The average molecular weight is 290 g/mol. The van der Waals surface area contributed by atoms with Crippen molar-refractivity contribution in [1.29, 1.82) is 5.26 Å². The van der Waals surface area contributed by atoms with Gasteiger partial charge >= 0.3 is 0 Å². The van der Waals surface area contributed by atoms with E-state index in [1.54, 1.807) is 0 Å². The van der Waals surface area contributed by atoms with Crippen LogP contribution in [0.1, 0.15) is 49.7 Å². The number of carbonyl (C=O) groups excluding carboxylic acids is 1. The summed E-state index contributed by atoms with van der Waals surface area (Å²) < 4.78 is 13.6. The summed E-state index contributed by atoms with van der Waals surface area (Å²) in [6.45, 7) is 0.0241. The van der Waals surface area contributed by atoms with E-state index in [0.29, 0.717) is 18.4 Å². The van der Waals surface area contributed by atoms with E-state index < -0.39 is 11.4 Å². The van der Waals surface area contributed by atoms with Crippen molar-refractivity contribution in [2.45, 2.75) is 50.7 Å². The summed E-state index contributed by atoms with van der Waals surface area (Å²) in [5.74, 6) is -0.744. The molecule has 1 fully saturated rings. The van der Waals surface area contributed by atoms with E-state index in [1.807, 2.05) is 6.07 Å². The van der Waals surface area contributed by atoms with Gasteiger partial charge in [0.05, 0.1) is 23.7 Å². The fourth-order valence-electron chi connectivity index (χ4n) is 2.72. The molecule has 0 bridgehead atoms. The van der Waals surface area contributed by atoms with E-state index in [0.717, 1.165) is 19.3 Å². The van der Waals surface area contributed by atoms with Gasteiger partial charge in [0.25, 0.3) is 0 Å². The Labute approximate surface area is 123 Å². The molecule has 5 heteroatoms. The van der Waals surface area contributed by atoms with Crippen LogP contribution in [-0.4, -0.2) is 16.6 Å². The highest BCUT2D eigenvalue weighted by Crippen LogP contribution is 2.30. The highest BCUT2D eigenvalue weighted by molar-refractivity contribution is 5.77. The summed E-state index contributed by atoms with van der Waals surface area (Å²) in [6, 6.07) is 5.97. The van der Waals surface area contributed by atoms with Crippen molar-refractivity contribution in [2.75, 3.05) is 0 Å². The minimum absolute atomic E-state index is 0.0241. The van der Waals surface area contributed by atoms with Gasteiger partial charge in [0.15, 0.2) is 0 Å². The van der Waals surface area contributed by atoms with Gasteiger partial charge in [-0.05, 0) is 31.0 Å². The van der Waals surface area contributed by atoms with Gasteiger partial charge in [-0.2, -0.15) is 5.26 Å². The van der Waals surface area contributed by atoms with E-state index in [1.165, 1.54) is 18.2 Å². The average Bonchev–Trinajstić information content (AvgIpc) is 2.46. The standard InChI is InChI=1S/C16H19FN2O2/c17-14-5-4-12(10-18)8-13(14)11-19-15(20)9-16(21)6-2-1-3-7-16/h4-5,8,21H,1-3,6-7,9,11H2,(H,19,20). The predicted octanol–water partition coefficient (Wildman–Crippen LogP) is 2.40. The Morgan fingerprint density at radius 1 is 1.38 bits per heavy atom. The van der Waals surface area contributed by atoms with Gasteiger partial charge in [-0.15, -0.1) is 0 Å². The van der Waals surface area contributed by atoms with E-state index in [2.05, 4.69) is 5.32 Å². The monoisotopic (exact) mass is 290 g/mol. The first kappa shape index (κ1) is 15.5. The molecule has 1 aromatic carbocycles. The van der Waals surface area contributed by atoms with E-state index in [9.17, 15) is 14.3 Å². The van der Waals surface area contributed by atoms with Gasteiger partial charge < -0.3 is 10.4 Å². The smallest absolute Gasteiger partial charge is 0.223 e. The molecule has 1 saturated carbocycles. The lowest BCUT2D eigenvalue weighted by molar-refractivity contribution is -0.127. The number of hydrogen-bond donors (Lipinski definition) is 2. The summed E-state index contributed by atoms with van der Waals surface area (Å²) in [6.07, 6.45) is 4.28. The van der Waals surface area contributed by atoms with Crippen molar-refractivity contribution in [2.24, 2.45) is 0 Å². The van der Waals surface area contributed by atoms with E-state index in [4.69, 9.17) is 5.26 Å². The summed E-state index contributed by atoms with van der Waals surface area (Å²) in [5, 5.41) is 21.7. The maximum atomic E-state index is 13.6. The zero-order chi connectivity index (χ0) is 15.3. The second-order valence-electron chi connectivity index (χ2n) is 5.66. The zero-order valence-corrected chi connectivity index (χ0v) is 11.9. The number of aliphatic hydroxyl groups is 1. The molecule has 0 spiro atoms. The van der Waals surface area contributed by atoms with Crippen LogP contribution in [0.3, 0.4) is 0 Å². The topological polar surface area (TPSA) is 73.1 Å². The van der Waals surface area contributed by atoms with Crippen LogP contribution in [0.15, 0.2) is 18.2 Å². The molecule has 4 nitrogen and oxygen atoms in total. The molecule has 2 N–H and O–H groups in total. The molecule has 1 amide bonds. The van der Waals surface area contributed by atoms with Crippen LogP contribution in [0.2, 0.25) is 0 Å². The Bertz CT molecular complexity index is 560. The Hall–Kier alpha value is -1.93. The lowest BCUT2D eigenvalue weighted by Crippen LogP contribution is -2.38. The number of benzene rings is 1. The van der Waals surface area contributed by atoms with Crippen LogP contribution >= 0.6 is 0 Å². The minimum Gasteiger partial charge on any atom is -0.389 e. The first-order chi connectivity index (χ1) is 10.0. The fraction of sp³-hybridized carbons (Fsp3) is 0.500. The third kappa shape index (κ3) is 4.27. The number of hydrogen-bond acceptors (Lipinski definition) is 3. The molecule has 0 unspecified atom stereocenters. The second-order valence-corrected chi connectivity index (χ2v) is 5.66. The molecule has 0 aromatic heterocycles. The van der Waals surface area contributed by atoms with Crippen LogP contribution in [0.4, 0.5) is 4.39 Å². The third-order valence-corrected chi connectivity index (χ3v) is 3.92. The first-order valence-electron chi connectivity index (χ1n) is 7.20. The van der Waals surface area contributed by atoms with Crippen LogP contribution in [0.5, 0.6) is 0 Å². The minimum atomic E-state index is -0.921. The molecule has 21 heavy (non-hydrogen) atoms. The SMILES string of the molecule is N#Cc1ccc(F)c(CNC(=O)CC2(O)CCCCC2)c1. The Morgan fingerprint density at radius 3 is 2.76 bits per heavy atom. The highest BCUT2D eigenvalue weighted by atomic mass is 19.1. The molecule has 1 aromatic rings.